The standard InChI is InChI=1S/C15H16N4O/c1-2-8-18-9-7-16-15(18)14(20)10-19-11-17-12-5-3-4-6-13(12)19/h3-7,9,11H,2,8,10H2,1H3. The predicted molar refractivity (Wildman–Crippen MR) is 76.6 cm³/mol. The molecule has 0 amide bonds. The van der Waals surface area contributed by atoms with Crippen LogP contribution in [0.1, 0.15) is 24.0 Å². The number of benzene rings is 1. The van der Waals surface area contributed by atoms with E-state index in [0.717, 1.165) is 24.0 Å². The van der Waals surface area contributed by atoms with Crippen molar-refractivity contribution in [2.24, 2.45) is 0 Å². The van der Waals surface area contributed by atoms with Crippen molar-refractivity contribution >= 4 is 16.8 Å². The lowest BCUT2D eigenvalue weighted by molar-refractivity contribution is 0.0959. The molecular formula is C15H16N4O. The SMILES string of the molecule is CCCn1ccnc1C(=O)Cn1cnc2ccccc21. The molecule has 3 aromatic rings. The van der Waals surface area contributed by atoms with Crippen molar-refractivity contribution in [1.29, 1.82) is 0 Å². The average molecular weight is 268 g/mol. The lowest BCUT2D eigenvalue weighted by Gasteiger charge is -2.06. The summed E-state index contributed by atoms with van der Waals surface area (Å²) in [6.45, 7) is 3.16. The molecule has 0 unspecified atom stereocenters. The number of hydrogen-bond donors (Lipinski definition) is 0. The van der Waals surface area contributed by atoms with Gasteiger partial charge in [0.05, 0.1) is 23.9 Å². The van der Waals surface area contributed by atoms with Gasteiger partial charge in [0.2, 0.25) is 5.78 Å². The molecule has 20 heavy (non-hydrogen) atoms. The van der Waals surface area contributed by atoms with Crippen LogP contribution in [0.25, 0.3) is 11.0 Å². The highest BCUT2D eigenvalue weighted by atomic mass is 16.1. The Morgan fingerprint density at radius 2 is 2.05 bits per heavy atom. The highest BCUT2D eigenvalue weighted by molar-refractivity contribution is 5.93. The van der Waals surface area contributed by atoms with Gasteiger partial charge in [0, 0.05) is 18.9 Å². The van der Waals surface area contributed by atoms with Crippen LogP contribution in [-0.2, 0) is 13.1 Å². The van der Waals surface area contributed by atoms with Gasteiger partial charge < -0.3 is 9.13 Å². The second-order valence-electron chi connectivity index (χ2n) is 4.73. The number of para-hydroxylation sites is 2. The van der Waals surface area contributed by atoms with E-state index in [1.165, 1.54) is 0 Å². The molecule has 2 aromatic heterocycles. The smallest absolute Gasteiger partial charge is 0.217 e. The van der Waals surface area contributed by atoms with Gasteiger partial charge in [-0.2, -0.15) is 0 Å². The molecule has 5 nitrogen and oxygen atoms in total. The first-order chi connectivity index (χ1) is 9.79. The zero-order valence-corrected chi connectivity index (χ0v) is 11.4. The van der Waals surface area contributed by atoms with E-state index >= 15 is 0 Å². The maximum absolute atomic E-state index is 12.4. The van der Waals surface area contributed by atoms with Crippen molar-refractivity contribution < 1.29 is 4.79 Å². The Bertz CT molecular complexity index is 741. The number of hydrogen-bond acceptors (Lipinski definition) is 3. The lowest BCUT2D eigenvalue weighted by Crippen LogP contribution is -2.15. The largest absolute Gasteiger partial charge is 0.328 e. The summed E-state index contributed by atoms with van der Waals surface area (Å²) in [5.41, 5.74) is 1.87. The highest BCUT2D eigenvalue weighted by Crippen LogP contribution is 2.12. The summed E-state index contributed by atoms with van der Waals surface area (Å²) in [5.74, 6) is 0.524. The fourth-order valence-corrected chi connectivity index (χ4v) is 2.34. The van der Waals surface area contributed by atoms with E-state index in [1.807, 2.05) is 39.6 Å². The Kier molecular flexibility index (Phi) is 3.33. The molecule has 0 spiro atoms. The van der Waals surface area contributed by atoms with Gasteiger partial charge in [-0.25, -0.2) is 9.97 Å². The summed E-state index contributed by atoms with van der Waals surface area (Å²) < 4.78 is 3.77. The highest BCUT2D eigenvalue weighted by Gasteiger charge is 2.14. The van der Waals surface area contributed by atoms with Crippen molar-refractivity contribution in [1.82, 2.24) is 19.1 Å². The van der Waals surface area contributed by atoms with E-state index in [4.69, 9.17) is 0 Å². The van der Waals surface area contributed by atoms with Gasteiger partial charge in [-0.3, -0.25) is 4.79 Å². The number of aryl methyl sites for hydroxylation is 1. The van der Waals surface area contributed by atoms with Crippen LogP contribution in [0.2, 0.25) is 0 Å². The van der Waals surface area contributed by atoms with Crippen LogP contribution in [-0.4, -0.2) is 24.9 Å². The summed E-state index contributed by atoms with van der Waals surface area (Å²) >= 11 is 0. The maximum atomic E-state index is 12.4. The molecule has 0 aliphatic heterocycles. The van der Waals surface area contributed by atoms with E-state index in [2.05, 4.69) is 16.9 Å². The minimum Gasteiger partial charge on any atom is -0.328 e. The Morgan fingerprint density at radius 1 is 1.20 bits per heavy atom. The molecule has 0 fully saturated rings. The molecule has 1 aromatic carbocycles. The molecule has 0 saturated heterocycles. The third-order valence-electron chi connectivity index (χ3n) is 3.27. The van der Waals surface area contributed by atoms with Crippen LogP contribution >= 0.6 is 0 Å². The van der Waals surface area contributed by atoms with Gasteiger partial charge in [0.25, 0.3) is 0 Å². The first-order valence-electron chi connectivity index (χ1n) is 6.74. The van der Waals surface area contributed by atoms with Gasteiger partial charge in [-0.1, -0.05) is 19.1 Å². The first kappa shape index (κ1) is 12.6. The van der Waals surface area contributed by atoms with Gasteiger partial charge in [0.1, 0.15) is 0 Å². The topological polar surface area (TPSA) is 52.7 Å². The van der Waals surface area contributed by atoms with E-state index in [0.29, 0.717) is 5.82 Å². The molecule has 2 heterocycles. The maximum Gasteiger partial charge on any atom is 0.217 e. The van der Waals surface area contributed by atoms with Crippen molar-refractivity contribution in [2.45, 2.75) is 26.4 Å². The Labute approximate surface area is 116 Å². The monoisotopic (exact) mass is 268 g/mol. The molecule has 0 aliphatic rings. The van der Waals surface area contributed by atoms with Crippen LogP contribution in [0.4, 0.5) is 0 Å². The van der Waals surface area contributed by atoms with Crippen LogP contribution in [0, 0.1) is 0 Å². The second-order valence-corrected chi connectivity index (χ2v) is 4.73. The van der Waals surface area contributed by atoms with Crippen molar-refractivity contribution in [3.05, 3.63) is 48.8 Å². The Balaban J connectivity index is 1.87. The fraction of sp³-hybridized carbons (Fsp3) is 0.267. The van der Waals surface area contributed by atoms with Crippen LogP contribution in [0.3, 0.4) is 0 Å². The van der Waals surface area contributed by atoms with E-state index in [-0.39, 0.29) is 12.3 Å². The number of imidazole rings is 2. The molecule has 0 aliphatic carbocycles. The minimum atomic E-state index is 0.00611. The van der Waals surface area contributed by atoms with Crippen molar-refractivity contribution in [2.75, 3.05) is 0 Å². The molecule has 3 rings (SSSR count). The zero-order chi connectivity index (χ0) is 13.9. The Hall–Kier alpha value is -2.43. The van der Waals surface area contributed by atoms with E-state index in [9.17, 15) is 4.79 Å². The molecule has 0 atom stereocenters. The van der Waals surface area contributed by atoms with Gasteiger partial charge in [-0.05, 0) is 18.6 Å². The number of fused-ring (bicyclic) bond motifs is 1. The molecular weight excluding hydrogens is 252 g/mol. The molecule has 0 radical (unpaired) electrons. The summed E-state index contributed by atoms with van der Waals surface area (Å²) in [4.78, 5) is 20.9. The Morgan fingerprint density at radius 3 is 2.90 bits per heavy atom. The van der Waals surface area contributed by atoms with Crippen LogP contribution in [0.15, 0.2) is 43.0 Å². The number of carbonyl (C=O) groups is 1. The lowest BCUT2D eigenvalue weighted by atomic mass is 10.3. The predicted octanol–water partition coefficient (Wildman–Crippen LogP) is 2.53. The zero-order valence-electron chi connectivity index (χ0n) is 11.4. The summed E-state index contributed by atoms with van der Waals surface area (Å²) in [6.07, 6.45) is 6.21. The van der Waals surface area contributed by atoms with Gasteiger partial charge in [-0.15, -0.1) is 0 Å². The molecule has 0 saturated carbocycles. The van der Waals surface area contributed by atoms with Gasteiger partial charge in [0.15, 0.2) is 5.82 Å². The first-order valence-corrected chi connectivity index (χ1v) is 6.74. The minimum absolute atomic E-state index is 0.00611. The fourth-order valence-electron chi connectivity index (χ4n) is 2.34. The molecule has 0 N–H and O–H groups in total. The number of ketones is 1. The number of Topliss-reactive ketones (excluding diaryl/α,β-unsaturated/α-hetero) is 1. The van der Waals surface area contributed by atoms with Crippen LogP contribution in [0.5, 0.6) is 0 Å². The summed E-state index contributed by atoms with van der Waals surface area (Å²) in [7, 11) is 0. The van der Waals surface area contributed by atoms with E-state index < -0.39 is 0 Å². The molecule has 102 valence electrons. The third-order valence-corrected chi connectivity index (χ3v) is 3.27. The normalized spacial score (nSPS) is 11.1. The molecule has 5 heteroatoms. The number of rotatable bonds is 5. The molecule has 0 bridgehead atoms. The number of aromatic nitrogens is 4. The third kappa shape index (κ3) is 2.22. The van der Waals surface area contributed by atoms with Gasteiger partial charge >= 0.3 is 0 Å². The summed E-state index contributed by atoms with van der Waals surface area (Å²) in [5, 5.41) is 0. The number of carbonyl (C=O) groups excluding carboxylic acids is 1. The quantitative estimate of drug-likeness (QED) is 0.668. The average Bonchev–Trinajstić information content (AvgIpc) is 3.07. The van der Waals surface area contributed by atoms with Crippen molar-refractivity contribution in [3.8, 4) is 0 Å². The second kappa shape index (κ2) is 5.28. The summed E-state index contributed by atoms with van der Waals surface area (Å²) in [6, 6.07) is 7.79. The number of nitrogens with zero attached hydrogens (tertiary/aromatic N) is 4. The van der Waals surface area contributed by atoms with Crippen molar-refractivity contribution in [3.63, 3.8) is 0 Å². The van der Waals surface area contributed by atoms with Crippen LogP contribution < -0.4 is 0 Å². The van der Waals surface area contributed by atoms with E-state index in [1.54, 1.807) is 12.5 Å².